The van der Waals surface area contributed by atoms with Crippen molar-refractivity contribution in [3.8, 4) is 0 Å². The first kappa shape index (κ1) is 17.9. The van der Waals surface area contributed by atoms with Gasteiger partial charge in [0.05, 0.1) is 5.69 Å². The van der Waals surface area contributed by atoms with Crippen LogP contribution in [-0.4, -0.2) is 11.7 Å². The first-order chi connectivity index (χ1) is 11.1. The van der Waals surface area contributed by atoms with Crippen LogP contribution in [0.3, 0.4) is 0 Å². The van der Waals surface area contributed by atoms with Crippen LogP contribution in [-0.2, 0) is 6.42 Å². The number of anilines is 1. The molecule has 23 heavy (non-hydrogen) atoms. The highest BCUT2D eigenvalue weighted by Gasteiger charge is 2.09. The monoisotopic (exact) mass is 394 g/mol. The normalized spacial score (nSPS) is 11.8. The third kappa shape index (κ3) is 5.92. The first-order valence-electron chi connectivity index (χ1n) is 7.62. The van der Waals surface area contributed by atoms with Crippen molar-refractivity contribution in [3.05, 3.63) is 64.4 Å². The van der Waals surface area contributed by atoms with Gasteiger partial charge >= 0.3 is 0 Å². The molecule has 0 saturated carbocycles. The molecule has 0 heterocycles. The maximum atomic E-state index is 13.8. The molecule has 2 rings (SSSR count). The second-order valence-corrected chi connectivity index (χ2v) is 6.75. The van der Waals surface area contributed by atoms with E-state index in [1.54, 1.807) is 12.1 Å². The molecule has 0 aliphatic carbocycles. The van der Waals surface area contributed by atoms with Gasteiger partial charge in [0.1, 0.15) is 5.82 Å². The Balaban J connectivity index is 1.84. The van der Waals surface area contributed by atoms with Crippen molar-refractivity contribution >= 4 is 38.9 Å². The topological polar surface area (TPSA) is 24.1 Å². The predicted octanol–water partition coefficient (Wildman–Crippen LogP) is 5.14. The second kappa shape index (κ2) is 8.99. The minimum atomic E-state index is -0.333. The van der Waals surface area contributed by atoms with E-state index in [0.29, 0.717) is 21.2 Å². The van der Waals surface area contributed by atoms with Gasteiger partial charge in [-0.25, -0.2) is 4.39 Å². The molecule has 0 radical (unpaired) electrons. The third-order valence-corrected chi connectivity index (χ3v) is 4.41. The van der Waals surface area contributed by atoms with Crippen LogP contribution in [0.15, 0.2) is 53.0 Å². The van der Waals surface area contributed by atoms with Gasteiger partial charge in [-0.15, -0.1) is 0 Å². The fraction of sp³-hybridized carbons (Fsp3) is 0.278. The lowest BCUT2D eigenvalue weighted by atomic mass is 9.97. The summed E-state index contributed by atoms with van der Waals surface area (Å²) in [5.41, 5.74) is 1.70. The Bertz CT molecular complexity index is 649. The second-order valence-electron chi connectivity index (χ2n) is 5.42. The molecule has 0 amide bonds. The van der Waals surface area contributed by atoms with Crippen molar-refractivity contribution in [3.63, 3.8) is 0 Å². The van der Waals surface area contributed by atoms with Crippen molar-refractivity contribution in [2.45, 2.75) is 19.8 Å². The summed E-state index contributed by atoms with van der Waals surface area (Å²) in [6.07, 6.45) is 2.05. The summed E-state index contributed by atoms with van der Waals surface area (Å²) in [5, 5.41) is 6.53. The number of benzene rings is 2. The van der Waals surface area contributed by atoms with Gasteiger partial charge in [0.2, 0.25) is 0 Å². The zero-order valence-electron chi connectivity index (χ0n) is 13.0. The van der Waals surface area contributed by atoms with Crippen LogP contribution in [0, 0.1) is 11.7 Å². The average Bonchev–Trinajstić information content (AvgIpc) is 2.55. The number of halogens is 2. The quantitative estimate of drug-likeness (QED) is 0.662. The van der Waals surface area contributed by atoms with Crippen molar-refractivity contribution < 1.29 is 4.39 Å². The predicted molar refractivity (Wildman–Crippen MR) is 102 cm³/mol. The van der Waals surface area contributed by atoms with Crippen LogP contribution in [0.1, 0.15) is 18.9 Å². The minimum Gasteiger partial charge on any atom is -0.362 e. The molecule has 1 unspecified atom stereocenters. The molecule has 2 aromatic carbocycles. The summed E-state index contributed by atoms with van der Waals surface area (Å²) in [6, 6.07) is 15.2. The lowest BCUT2D eigenvalue weighted by Gasteiger charge is -2.18. The first-order valence-corrected chi connectivity index (χ1v) is 8.82. The van der Waals surface area contributed by atoms with E-state index in [2.05, 4.69) is 57.8 Å². The van der Waals surface area contributed by atoms with Gasteiger partial charge in [-0.3, -0.25) is 0 Å². The van der Waals surface area contributed by atoms with E-state index in [9.17, 15) is 4.39 Å². The molecule has 2 aromatic rings. The zero-order chi connectivity index (χ0) is 16.7. The summed E-state index contributed by atoms with van der Waals surface area (Å²) in [7, 11) is 0. The number of thiocarbonyl (C=S) groups is 1. The summed E-state index contributed by atoms with van der Waals surface area (Å²) in [4.78, 5) is 0. The Morgan fingerprint density at radius 2 is 1.96 bits per heavy atom. The van der Waals surface area contributed by atoms with Crippen LogP contribution in [0.5, 0.6) is 0 Å². The molecule has 0 saturated heterocycles. The molecular formula is C18H20BrFN2S. The summed E-state index contributed by atoms with van der Waals surface area (Å²) < 4.78 is 14.5. The molecule has 0 spiro atoms. The van der Waals surface area contributed by atoms with E-state index >= 15 is 0 Å². The summed E-state index contributed by atoms with van der Waals surface area (Å²) >= 11 is 8.50. The molecule has 5 heteroatoms. The minimum absolute atomic E-state index is 0.333. The summed E-state index contributed by atoms with van der Waals surface area (Å²) in [5.74, 6) is 0.145. The molecule has 0 aliphatic heterocycles. The fourth-order valence-corrected chi connectivity index (χ4v) is 2.83. The van der Waals surface area contributed by atoms with Crippen molar-refractivity contribution in [1.82, 2.24) is 5.32 Å². The van der Waals surface area contributed by atoms with Crippen LogP contribution in [0.25, 0.3) is 0 Å². The number of hydrogen-bond acceptors (Lipinski definition) is 1. The SMILES string of the molecule is CCC(CNC(=S)Nc1ccc(Br)cc1F)Cc1ccccc1. The van der Waals surface area contributed by atoms with Crippen LogP contribution in [0.4, 0.5) is 10.1 Å². The smallest absolute Gasteiger partial charge is 0.170 e. The van der Waals surface area contributed by atoms with Crippen LogP contribution < -0.4 is 10.6 Å². The van der Waals surface area contributed by atoms with Gasteiger partial charge in [0, 0.05) is 11.0 Å². The van der Waals surface area contributed by atoms with Crippen molar-refractivity contribution in [2.75, 3.05) is 11.9 Å². The van der Waals surface area contributed by atoms with E-state index in [0.717, 1.165) is 19.4 Å². The molecule has 0 fully saturated rings. The fourth-order valence-electron chi connectivity index (χ4n) is 2.30. The van der Waals surface area contributed by atoms with E-state index in [1.807, 2.05) is 6.07 Å². The van der Waals surface area contributed by atoms with Crippen molar-refractivity contribution in [1.29, 1.82) is 0 Å². The van der Waals surface area contributed by atoms with Gasteiger partial charge in [0.25, 0.3) is 0 Å². The lowest BCUT2D eigenvalue weighted by molar-refractivity contribution is 0.498. The van der Waals surface area contributed by atoms with E-state index in [1.165, 1.54) is 11.6 Å². The van der Waals surface area contributed by atoms with Gasteiger partial charge in [-0.2, -0.15) is 0 Å². The molecule has 0 bridgehead atoms. The molecule has 1 atom stereocenters. The van der Waals surface area contributed by atoms with Gasteiger partial charge in [-0.1, -0.05) is 59.6 Å². The lowest BCUT2D eigenvalue weighted by Crippen LogP contribution is -2.33. The van der Waals surface area contributed by atoms with E-state index in [4.69, 9.17) is 12.2 Å². The van der Waals surface area contributed by atoms with Gasteiger partial charge in [-0.05, 0) is 48.3 Å². The average molecular weight is 395 g/mol. The highest BCUT2D eigenvalue weighted by molar-refractivity contribution is 9.10. The Morgan fingerprint density at radius 1 is 1.22 bits per heavy atom. The standard InChI is InChI=1S/C18H20BrFN2S/c1-2-13(10-14-6-4-3-5-7-14)12-21-18(23)22-17-9-8-15(19)11-16(17)20/h3-9,11,13H,2,10,12H2,1H3,(H2,21,22,23). The number of nitrogens with one attached hydrogen (secondary N) is 2. The Hall–Kier alpha value is -1.46. The van der Waals surface area contributed by atoms with Crippen molar-refractivity contribution in [2.24, 2.45) is 5.92 Å². The Morgan fingerprint density at radius 3 is 2.61 bits per heavy atom. The highest BCUT2D eigenvalue weighted by Crippen LogP contribution is 2.19. The Kier molecular flexibility index (Phi) is 6.99. The highest BCUT2D eigenvalue weighted by atomic mass is 79.9. The molecule has 0 aliphatic rings. The number of rotatable bonds is 6. The van der Waals surface area contributed by atoms with Crippen LogP contribution in [0.2, 0.25) is 0 Å². The molecule has 2 nitrogen and oxygen atoms in total. The third-order valence-electron chi connectivity index (χ3n) is 3.68. The molecular weight excluding hydrogens is 375 g/mol. The molecule has 122 valence electrons. The van der Waals surface area contributed by atoms with Gasteiger partial charge < -0.3 is 10.6 Å². The summed E-state index contributed by atoms with van der Waals surface area (Å²) in [6.45, 7) is 2.93. The van der Waals surface area contributed by atoms with E-state index < -0.39 is 0 Å². The van der Waals surface area contributed by atoms with Crippen LogP contribution >= 0.6 is 28.1 Å². The molecule has 0 aromatic heterocycles. The largest absolute Gasteiger partial charge is 0.362 e. The molecule has 2 N–H and O–H groups in total. The number of hydrogen-bond donors (Lipinski definition) is 2. The maximum Gasteiger partial charge on any atom is 0.170 e. The Labute approximate surface area is 150 Å². The van der Waals surface area contributed by atoms with Gasteiger partial charge in [0.15, 0.2) is 5.11 Å². The maximum absolute atomic E-state index is 13.8. The van der Waals surface area contributed by atoms with E-state index in [-0.39, 0.29) is 5.82 Å². The zero-order valence-corrected chi connectivity index (χ0v) is 15.4.